The minimum absolute atomic E-state index is 0.202. The van der Waals surface area contributed by atoms with Crippen molar-refractivity contribution in [2.45, 2.75) is 12.5 Å². The summed E-state index contributed by atoms with van der Waals surface area (Å²) in [7, 11) is 1.45. The van der Waals surface area contributed by atoms with Crippen molar-refractivity contribution in [1.29, 1.82) is 0 Å². The number of thiocarbonyl (C=S) groups is 1. The van der Waals surface area contributed by atoms with Crippen molar-refractivity contribution in [1.82, 2.24) is 20.7 Å². The standard InChI is InChI=1S/C24H29FN6O5S/c1-34-22(37)27-15-19-16-30(23(32)36-19)18-5-6-21(20(25)14-18)29-10-9-28-31(12-11-29)24(33)35-13-7-17-4-2-3-8-26-17/h2-6,8,14,19,28H,7,9-13,15-16H2,1H3,(H,27,37)/t19-/m0/s1. The van der Waals surface area contributed by atoms with Gasteiger partial charge in [-0.05, 0) is 42.5 Å². The maximum atomic E-state index is 15.1. The first-order valence-electron chi connectivity index (χ1n) is 11.9. The predicted octanol–water partition coefficient (Wildman–Crippen LogP) is 2.07. The molecule has 2 amide bonds. The molecule has 3 heterocycles. The number of cyclic esters (lactones) is 1. The number of methoxy groups -OCH3 is 1. The summed E-state index contributed by atoms with van der Waals surface area (Å²) in [6.45, 7) is 2.36. The van der Waals surface area contributed by atoms with Gasteiger partial charge in [0.15, 0.2) is 0 Å². The maximum absolute atomic E-state index is 15.1. The quantitative estimate of drug-likeness (QED) is 0.515. The van der Waals surface area contributed by atoms with E-state index in [-0.39, 0.29) is 18.3 Å². The zero-order valence-corrected chi connectivity index (χ0v) is 21.2. The van der Waals surface area contributed by atoms with Crippen LogP contribution in [0.25, 0.3) is 0 Å². The Bertz CT molecular complexity index is 1110. The highest BCUT2D eigenvalue weighted by Gasteiger charge is 2.33. The second-order valence-electron chi connectivity index (χ2n) is 8.36. The Balaban J connectivity index is 1.29. The molecule has 0 unspecified atom stereocenters. The molecule has 0 bridgehead atoms. The van der Waals surface area contributed by atoms with Crippen LogP contribution in [0.2, 0.25) is 0 Å². The molecule has 0 aliphatic carbocycles. The van der Waals surface area contributed by atoms with E-state index in [1.165, 1.54) is 23.1 Å². The number of carbonyl (C=O) groups excluding carboxylic acids is 2. The number of rotatable bonds is 7. The first-order chi connectivity index (χ1) is 17.9. The summed E-state index contributed by atoms with van der Waals surface area (Å²) < 4.78 is 30.7. The number of halogens is 1. The van der Waals surface area contributed by atoms with Crippen LogP contribution in [-0.4, -0.2) is 86.4 Å². The van der Waals surface area contributed by atoms with Crippen LogP contribution in [0.15, 0.2) is 42.6 Å². The lowest BCUT2D eigenvalue weighted by Gasteiger charge is -2.24. The Labute approximate surface area is 219 Å². The molecule has 2 N–H and O–H groups in total. The number of amides is 2. The summed E-state index contributed by atoms with van der Waals surface area (Å²) in [5.41, 5.74) is 4.65. The van der Waals surface area contributed by atoms with Crippen molar-refractivity contribution < 1.29 is 28.2 Å². The van der Waals surface area contributed by atoms with Gasteiger partial charge in [-0.2, -0.15) is 0 Å². The van der Waals surface area contributed by atoms with Crippen molar-refractivity contribution in [3.63, 3.8) is 0 Å². The van der Waals surface area contributed by atoms with Crippen LogP contribution < -0.4 is 20.5 Å². The minimum Gasteiger partial charge on any atom is -0.474 e. The predicted molar refractivity (Wildman–Crippen MR) is 138 cm³/mol. The Morgan fingerprint density at radius 1 is 1.30 bits per heavy atom. The van der Waals surface area contributed by atoms with Crippen molar-refractivity contribution in [3.8, 4) is 0 Å². The van der Waals surface area contributed by atoms with Gasteiger partial charge in [-0.15, -0.1) is 0 Å². The largest absolute Gasteiger partial charge is 0.474 e. The fraction of sp³-hybridized carbons (Fsp3) is 0.417. The van der Waals surface area contributed by atoms with Gasteiger partial charge in [0.05, 0.1) is 44.7 Å². The second-order valence-corrected chi connectivity index (χ2v) is 8.73. The SMILES string of the molecule is COC(=S)NC[C@H]1CN(c2ccc(N3CCNN(C(=O)OCCc4ccccn4)CC3)c(F)c2)C(=O)O1. The molecule has 2 saturated heterocycles. The Hall–Kier alpha value is -3.71. The van der Waals surface area contributed by atoms with Crippen LogP contribution in [0.4, 0.5) is 25.4 Å². The van der Waals surface area contributed by atoms with Gasteiger partial charge in [0.1, 0.15) is 11.9 Å². The number of ether oxygens (including phenoxy) is 3. The van der Waals surface area contributed by atoms with Crippen LogP contribution in [0.3, 0.4) is 0 Å². The molecule has 2 aliphatic rings. The van der Waals surface area contributed by atoms with E-state index in [9.17, 15) is 9.59 Å². The molecular weight excluding hydrogens is 503 g/mol. The van der Waals surface area contributed by atoms with Crippen LogP contribution in [0.1, 0.15) is 5.69 Å². The average molecular weight is 533 g/mol. The monoisotopic (exact) mass is 532 g/mol. The van der Waals surface area contributed by atoms with Gasteiger partial charge < -0.3 is 24.4 Å². The molecule has 37 heavy (non-hydrogen) atoms. The zero-order chi connectivity index (χ0) is 26.2. The molecule has 198 valence electrons. The van der Waals surface area contributed by atoms with E-state index in [1.54, 1.807) is 18.3 Å². The number of hydrazine groups is 1. The van der Waals surface area contributed by atoms with Gasteiger partial charge in [0.2, 0.25) is 0 Å². The number of anilines is 2. The van der Waals surface area contributed by atoms with Crippen molar-refractivity contribution in [2.75, 3.05) is 62.8 Å². The van der Waals surface area contributed by atoms with Crippen LogP contribution in [0.5, 0.6) is 0 Å². The van der Waals surface area contributed by atoms with Gasteiger partial charge in [-0.25, -0.2) is 24.4 Å². The molecule has 1 aromatic heterocycles. The van der Waals surface area contributed by atoms with E-state index in [1.807, 2.05) is 23.1 Å². The van der Waals surface area contributed by atoms with Gasteiger partial charge in [0, 0.05) is 37.9 Å². The third kappa shape index (κ3) is 6.95. The van der Waals surface area contributed by atoms with Crippen LogP contribution in [-0.2, 0) is 20.6 Å². The maximum Gasteiger partial charge on any atom is 0.424 e. The van der Waals surface area contributed by atoms with Crippen LogP contribution in [0, 0.1) is 5.82 Å². The van der Waals surface area contributed by atoms with E-state index in [0.29, 0.717) is 50.5 Å². The number of benzene rings is 1. The van der Waals surface area contributed by atoms with Gasteiger partial charge >= 0.3 is 12.2 Å². The number of aromatic nitrogens is 1. The molecular formula is C24H29FN6O5S. The highest BCUT2D eigenvalue weighted by Crippen LogP contribution is 2.28. The third-order valence-electron chi connectivity index (χ3n) is 5.93. The number of hydrogen-bond donors (Lipinski definition) is 2. The van der Waals surface area contributed by atoms with Crippen molar-refractivity contribution >= 4 is 41.0 Å². The number of nitrogens with zero attached hydrogens (tertiary/aromatic N) is 4. The molecule has 0 saturated carbocycles. The molecule has 0 radical (unpaired) electrons. The summed E-state index contributed by atoms with van der Waals surface area (Å²) in [5, 5.41) is 4.44. The van der Waals surface area contributed by atoms with Crippen molar-refractivity contribution in [3.05, 3.63) is 54.1 Å². The molecule has 13 heteroatoms. The van der Waals surface area contributed by atoms with E-state index in [0.717, 1.165) is 5.69 Å². The van der Waals surface area contributed by atoms with Gasteiger partial charge in [-0.3, -0.25) is 9.88 Å². The third-order valence-corrected chi connectivity index (χ3v) is 6.24. The normalized spacial score (nSPS) is 17.7. The van der Waals surface area contributed by atoms with E-state index < -0.39 is 24.1 Å². The summed E-state index contributed by atoms with van der Waals surface area (Å²) in [6.07, 6.45) is 0.718. The first-order valence-corrected chi connectivity index (χ1v) is 12.3. The zero-order valence-electron chi connectivity index (χ0n) is 20.4. The number of hydrogen-bond acceptors (Lipinski definition) is 9. The fourth-order valence-corrected chi connectivity index (χ4v) is 4.11. The van der Waals surface area contributed by atoms with E-state index in [2.05, 4.69) is 15.7 Å². The molecule has 11 nitrogen and oxygen atoms in total. The lowest BCUT2D eigenvalue weighted by molar-refractivity contribution is 0.0876. The van der Waals surface area contributed by atoms with E-state index >= 15 is 4.39 Å². The number of nitrogens with one attached hydrogen (secondary N) is 2. The summed E-state index contributed by atoms with van der Waals surface area (Å²) in [4.78, 5) is 32.2. The second kappa shape index (κ2) is 12.5. The molecule has 2 aromatic rings. The molecule has 1 atom stereocenters. The summed E-state index contributed by atoms with van der Waals surface area (Å²) in [6, 6.07) is 10.2. The Morgan fingerprint density at radius 3 is 2.92 bits per heavy atom. The topological polar surface area (TPSA) is 109 Å². The summed E-state index contributed by atoms with van der Waals surface area (Å²) in [5.74, 6) is -0.473. The molecule has 4 rings (SSSR count). The molecule has 1 aromatic carbocycles. The highest BCUT2D eigenvalue weighted by molar-refractivity contribution is 7.80. The Kier molecular flexibility index (Phi) is 8.90. The smallest absolute Gasteiger partial charge is 0.424 e. The lowest BCUT2D eigenvalue weighted by Crippen LogP contribution is -2.44. The van der Waals surface area contributed by atoms with Crippen molar-refractivity contribution in [2.24, 2.45) is 0 Å². The minimum atomic E-state index is -0.557. The fourth-order valence-electron chi connectivity index (χ4n) is 4.02. The van der Waals surface area contributed by atoms with Crippen LogP contribution >= 0.6 is 12.2 Å². The van der Waals surface area contributed by atoms with Gasteiger partial charge in [0.25, 0.3) is 5.17 Å². The molecule has 2 aliphatic heterocycles. The van der Waals surface area contributed by atoms with Gasteiger partial charge in [-0.1, -0.05) is 6.07 Å². The highest BCUT2D eigenvalue weighted by atomic mass is 32.1. The first kappa shape index (κ1) is 26.4. The lowest BCUT2D eigenvalue weighted by atomic mass is 10.2. The van der Waals surface area contributed by atoms with E-state index in [4.69, 9.17) is 26.4 Å². The average Bonchev–Trinajstić information content (AvgIpc) is 3.11. The molecule has 2 fully saturated rings. The Morgan fingerprint density at radius 2 is 2.16 bits per heavy atom. The number of carbonyl (C=O) groups is 2. The number of pyridine rings is 1. The molecule has 0 spiro atoms. The summed E-state index contributed by atoms with van der Waals surface area (Å²) >= 11 is 4.93.